The number of nitrogens with zero attached hydrogens (tertiary/aromatic N) is 3. The van der Waals surface area contributed by atoms with Crippen LogP contribution in [0.3, 0.4) is 0 Å². The van der Waals surface area contributed by atoms with E-state index in [0.717, 1.165) is 39.8 Å². The van der Waals surface area contributed by atoms with E-state index in [4.69, 9.17) is 28.6 Å². The molecule has 3 heterocycles. The number of ether oxygens (including phenoxy) is 1. The van der Waals surface area contributed by atoms with Gasteiger partial charge in [0.25, 0.3) is 0 Å². The lowest BCUT2D eigenvalue weighted by Crippen LogP contribution is -2.29. The quantitative estimate of drug-likeness (QED) is 0.314. The molecule has 0 unspecified atom stereocenters. The normalized spacial score (nSPS) is 17.5. The number of hydrogen-bond acceptors (Lipinski definition) is 3. The summed E-state index contributed by atoms with van der Waals surface area (Å²) >= 11 is 12.1. The minimum atomic E-state index is -0.295. The van der Waals surface area contributed by atoms with Crippen molar-refractivity contribution in [3.8, 4) is 11.4 Å². The van der Waals surface area contributed by atoms with Gasteiger partial charge in [0.05, 0.1) is 30.6 Å². The summed E-state index contributed by atoms with van der Waals surface area (Å²) in [6.45, 7) is 4.12. The van der Waals surface area contributed by atoms with E-state index in [2.05, 4.69) is 34.8 Å². The monoisotopic (exact) mass is 506 g/mol. The molecule has 0 amide bonds. The first-order valence-electron chi connectivity index (χ1n) is 11.2. The van der Waals surface area contributed by atoms with Crippen LogP contribution in [0.1, 0.15) is 34.7 Å². The van der Waals surface area contributed by atoms with Crippen molar-refractivity contribution in [2.75, 3.05) is 12.0 Å². The Bertz CT molecular complexity index is 1390. The number of methoxy groups -OCH3 is 1. The standard InChI is InChI=1S/C27H24ClFN4OS/c1-16-14-21(17(2)32(16)23-15-18(28)7-12-24(23)34-3)26-25(22-6-4-5-13-30-22)31-27(35)33(26)20-10-8-19(29)9-11-20/h4-15,25-26H,1-3H3,(H,31,35)/t25-,26+/m0/s1. The Morgan fingerprint density at radius 1 is 1.06 bits per heavy atom. The molecule has 2 aromatic heterocycles. The summed E-state index contributed by atoms with van der Waals surface area (Å²) < 4.78 is 21.5. The average molecular weight is 507 g/mol. The number of benzene rings is 2. The summed E-state index contributed by atoms with van der Waals surface area (Å²) in [4.78, 5) is 6.65. The predicted octanol–water partition coefficient (Wildman–Crippen LogP) is 6.47. The van der Waals surface area contributed by atoms with Gasteiger partial charge in [-0.2, -0.15) is 0 Å². The number of aryl methyl sites for hydroxylation is 1. The number of aromatic nitrogens is 2. The smallest absolute Gasteiger partial charge is 0.174 e. The van der Waals surface area contributed by atoms with Gasteiger partial charge in [0.2, 0.25) is 0 Å². The van der Waals surface area contributed by atoms with Crippen LogP contribution in [0.5, 0.6) is 5.75 Å². The summed E-state index contributed by atoms with van der Waals surface area (Å²) in [5.74, 6) is 0.426. The van der Waals surface area contributed by atoms with E-state index in [0.29, 0.717) is 10.1 Å². The fourth-order valence-electron chi connectivity index (χ4n) is 4.85. The van der Waals surface area contributed by atoms with Crippen LogP contribution in [-0.2, 0) is 0 Å². The van der Waals surface area contributed by atoms with Gasteiger partial charge in [-0.25, -0.2) is 4.39 Å². The highest BCUT2D eigenvalue weighted by atomic mass is 35.5. The number of hydrogen-bond donors (Lipinski definition) is 1. The second kappa shape index (κ2) is 9.32. The van der Waals surface area contributed by atoms with Crippen LogP contribution in [0.4, 0.5) is 10.1 Å². The highest BCUT2D eigenvalue weighted by molar-refractivity contribution is 7.80. The van der Waals surface area contributed by atoms with E-state index < -0.39 is 0 Å². The van der Waals surface area contributed by atoms with Crippen molar-refractivity contribution in [1.29, 1.82) is 0 Å². The molecular weight excluding hydrogens is 483 g/mol. The topological polar surface area (TPSA) is 42.3 Å². The third-order valence-corrected chi connectivity index (χ3v) is 6.92. The Kier molecular flexibility index (Phi) is 6.21. The summed E-state index contributed by atoms with van der Waals surface area (Å²) in [7, 11) is 1.65. The molecule has 1 saturated heterocycles. The van der Waals surface area contributed by atoms with E-state index in [1.165, 1.54) is 12.1 Å². The molecule has 2 atom stereocenters. The fourth-order valence-corrected chi connectivity index (χ4v) is 5.36. The molecule has 2 aromatic carbocycles. The summed E-state index contributed by atoms with van der Waals surface area (Å²) in [6.07, 6.45) is 1.78. The zero-order valence-corrected chi connectivity index (χ0v) is 21.1. The molecule has 1 N–H and O–H groups in total. The lowest BCUT2D eigenvalue weighted by atomic mass is 9.96. The maximum atomic E-state index is 13.7. The highest BCUT2D eigenvalue weighted by Crippen LogP contribution is 2.44. The first kappa shape index (κ1) is 23.3. The molecule has 0 radical (unpaired) electrons. The highest BCUT2D eigenvalue weighted by Gasteiger charge is 2.42. The van der Waals surface area contributed by atoms with E-state index in [-0.39, 0.29) is 17.9 Å². The Labute approximate surface area is 214 Å². The van der Waals surface area contributed by atoms with Gasteiger partial charge >= 0.3 is 0 Å². The molecule has 178 valence electrons. The summed E-state index contributed by atoms with van der Waals surface area (Å²) in [5, 5.41) is 4.64. The molecule has 5 rings (SSSR count). The van der Waals surface area contributed by atoms with Crippen LogP contribution in [-0.4, -0.2) is 21.8 Å². The van der Waals surface area contributed by atoms with Crippen LogP contribution < -0.4 is 15.0 Å². The first-order valence-corrected chi connectivity index (χ1v) is 12.0. The van der Waals surface area contributed by atoms with Crippen LogP contribution in [0.2, 0.25) is 5.02 Å². The van der Waals surface area contributed by atoms with Crippen LogP contribution in [0.15, 0.2) is 72.9 Å². The number of anilines is 1. The molecule has 4 aromatic rings. The molecule has 35 heavy (non-hydrogen) atoms. The fraction of sp³-hybridized carbons (Fsp3) is 0.185. The van der Waals surface area contributed by atoms with E-state index in [1.54, 1.807) is 25.4 Å². The van der Waals surface area contributed by atoms with Crippen molar-refractivity contribution in [3.63, 3.8) is 0 Å². The van der Waals surface area contributed by atoms with Crippen LogP contribution >= 0.6 is 23.8 Å². The number of pyridine rings is 1. The van der Waals surface area contributed by atoms with Crippen LogP contribution in [0, 0.1) is 19.7 Å². The Balaban J connectivity index is 1.70. The average Bonchev–Trinajstić information content (AvgIpc) is 3.35. The van der Waals surface area contributed by atoms with Gasteiger partial charge in [-0.15, -0.1) is 0 Å². The first-order chi connectivity index (χ1) is 16.9. The third kappa shape index (κ3) is 4.15. The van der Waals surface area contributed by atoms with Gasteiger partial charge in [-0.1, -0.05) is 17.7 Å². The maximum absolute atomic E-state index is 13.7. The number of thiocarbonyl (C=S) groups is 1. The molecule has 0 spiro atoms. The van der Waals surface area contributed by atoms with Gasteiger partial charge < -0.3 is 19.5 Å². The van der Waals surface area contributed by atoms with Crippen molar-refractivity contribution < 1.29 is 9.13 Å². The number of nitrogens with one attached hydrogen (secondary N) is 1. The van der Waals surface area contributed by atoms with E-state index in [1.807, 2.05) is 41.3 Å². The summed E-state index contributed by atoms with van der Waals surface area (Å²) in [6, 6.07) is 19.5. The van der Waals surface area contributed by atoms with Gasteiger partial charge in [0, 0.05) is 28.3 Å². The molecular formula is C27H24ClFN4OS. The molecule has 8 heteroatoms. The molecule has 0 bridgehead atoms. The zero-order chi connectivity index (χ0) is 24.7. The van der Waals surface area contributed by atoms with Crippen molar-refractivity contribution in [2.24, 2.45) is 0 Å². The Morgan fingerprint density at radius 2 is 1.83 bits per heavy atom. The maximum Gasteiger partial charge on any atom is 0.174 e. The predicted molar refractivity (Wildman–Crippen MR) is 141 cm³/mol. The van der Waals surface area contributed by atoms with Crippen LogP contribution in [0.25, 0.3) is 5.69 Å². The lowest BCUT2D eigenvalue weighted by Gasteiger charge is -2.28. The number of halogens is 2. The Hall–Kier alpha value is -3.42. The second-order valence-corrected chi connectivity index (χ2v) is 9.27. The second-order valence-electron chi connectivity index (χ2n) is 8.45. The summed E-state index contributed by atoms with van der Waals surface area (Å²) in [5.41, 5.74) is 5.64. The molecule has 0 saturated carbocycles. The van der Waals surface area contributed by atoms with E-state index >= 15 is 0 Å². The van der Waals surface area contributed by atoms with Crippen molar-refractivity contribution >= 4 is 34.6 Å². The molecule has 1 fully saturated rings. The molecule has 1 aliphatic rings. The molecule has 0 aliphatic carbocycles. The van der Waals surface area contributed by atoms with E-state index in [9.17, 15) is 4.39 Å². The van der Waals surface area contributed by atoms with Crippen molar-refractivity contribution in [1.82, 2.24) is 14.9 Å². The Morgan fingerprint density at radius 3 is 2.51 bits per heavy atom. The molecule has 5 nitrogen and oxygen atoms in total. The third-order valence-electron chi connectivity index (χ3n) is 6.37. The van der Waals surface area contributed by atoms with Gasteiger partial charge in [0.15, 0.2) is 5.11 Å². The minimum absolute atomic E-state index is 0.205. The zero-order valence-electron chi connectivity index (χ0n) is 19.5. The minimum Gasteiger partial charge on any atom is -0.495 e. The van der Waals surface area contributed by atoms with Gasteiger partial charge in [-0.05, 0) is 92.3 Å². The largest absolute Gasteiger partial charge is 0.495 e. The van der Waals surface area contributed by atoms with Crippen molar-refractivity contribution in [2.45, 2.75) is 25.9 Å². The lowest BCUT2D eigenvalue weighted by molar-refractivity contribution is 0.412. The van der Waals surface area contributed by atoms with Gasteiger partial charge in [-0.3, -0.25) is 4.98 Å². The van der Waals surface area contributed by atoms with Gasteiger partial charge in [0.1, 0.15) is 11.6 Å². The van der Waals surface area contributed by atoms with Crippen molar-refractivity contribution in [3.05, 3.63) is 106 Å². The molecule has 1 aliphatic heterocycles. The SMILES string of the molecule is COc1ccc(Cl)cc1-n1c(C)cc([C@@H]2[C@H](c3ccccn3)NC(=S)N2c2ccc(F)cc2)c1C. The number of rotatable bonds is 5.